The molecule has 3 aromatic rings. The number of benzene rings is 3. The third-order valence-corrected chi connectivity index (χ3v) is 3.70. The van der Waals surface area contributed by atoms with E-state index >= 15 is 0 Å². The van der Waals surface area contributed by atoms with Crippen LogP contribution in [0.15, 0.2) is 78.9 Å². The number of nitrogens with one attached hydrogen (secondary N) is 1. The average Bonchev–Trinajstić information content (AvgIpc) is 2.68. The number of anilines is 1. The van der Waals surface area contributed by atoms with Gasteiger partial charge in [0.05, 0.1) is 17.2 Å². The quantitative estimate of drug-likeness (QED) is 0.736. The van der Waals surface area contributed by atoms with Crippen LogP contribution in [0.25, 0.3) is 0 Å². The number of nitriles is 1. The van der Waals surface area contributed by atoms with Gasteiger partial charge in [-0.05, 0) is 24.3 Å². The molecule has 0 unspecified atom stereocenters. The Hall–Kier alpha value is -3.71. The van der Waals surface area contributed by atoms with Gasteiger partial charge in [-0.2, -0.15) is 5.26 Å². The van der Waals surface area contributed by atoms with E-state index in [0.29, 0.717) is 27.9 Å². The van der Waals surface area contributed by atoms with Crippen LogP contribution in [0.3, 0.4) is 0 Å². The SMILES string of the molecule is N#Cc1cccc(NC(=O)c2ccccc2C(=O)c2ccccc2)c1. The van der Waals surface area contributed by atoms with Crippen molar-refractivity contribution in [3.05, 3.63) is 101 Å². The van der Waals surface area contributed by atoms with Gasteiger partial charge < -0.3 is 5.32 Å². The molecule has 4 heteroatoms. The molecule has 0 saturated heterocycles. The first-order valence-electron chi connectivity index (χ1n) is 7.69. The van der Waals surface area contributed by atoms with Crippen molar-refractivity contribution in [1.29, 1.82) is 5.26 Å². The van der Waals surface area contributed by atoms with Gasteiger partial charge in [-0.25, -0.2) is 0 Å². The van der Waals surface area contributed by atoms with Gasteiger partial charge in [0.1, 0.15) is 0 Å². The Morgan fingerprint density at radius 2 is 1.48 bits per heavy atom. The molecule has 25 heavy (non-hydrogen) atoms. The molecule has 0 spiro atoms. The molecule has 0 fully saturated rings. The van der Waals surface area contributed by atoms with Crippen molar-refractivity contribution in [1.82, 2.24) is 0 Å². The van der Waals surface area contributed by atoms with Crippen LogP contribution in [-0.2, 0) is 0 Å². The Morgan fingerprint density at radius 1 is 0.800 bits per heavy atom. The van der Waals surface area contributed by atoms with Crippen molar-refractivity contribution < 1.29 is 9.59 Å². The highest BCUT2D eigenvalue weighted by Gasteiger charge is 2.18. The zero-order valence-electron chi connectivity index (χ0n) is 13.3. The number of hydrogen-bond acceptors (Lipinski definition) is 3. The van der Waals surface area contributed by atoms with E-state index in [1.165, 1.54) is 0 Å². The summed E-state index contributed by atoms with van der Waals surface area (Å²) in [7, 11) is 0. The fourth-order valence-electron chi connectivity index (χ4n) is 2.49. The molecule has 0 aromatic heterocycles. The highest BCUT2D eigenvalue weighted by molar-refractivity contribution is 6.17. The van der Waals surface area contributed by atoms with E-state index in [4.69, 9.17) is 5.26 Å². The molecular formula is C21H14N2O2. The Bertz CT molecular complexity index is 972. The number of carbonyl (C=O) groups excluding carboxylic acids is 2. The van der Waals surface area contributed by atoms with Gasteiger partial charge in [-0.15, -0.1) is 0 Å². The smallest absolute Gasteiger partial charge is 0.256 e. The molecule has 0 aliphatic rings. The van der Waals surface area contributed by atoms with Gasteiger partial charge >= 0.3 is 0 Å². The van der Waals surface area contributed by atoms with E-state index in [1.807, 2.05) is 12.1 Å². The molecule has 0 bridgehead atoms. The van der Waals surface area contributed by atoms with E-state index in [1.54, 1.807) is 72.8 Å². The van der Waals surface area contributed by atoms with Crippen LogP contribution in [0.1, 0.15) is 31.8 Å². The number of hydrogen-bond donors (Lipinski definition) is 1. The summed E-state index contributed by atoms with van der Waals surface area (Å²) < 4.78 is 0. The third kappa shape index (κ3) is 3.62. The third-order valence-electron chi connectivity index (χ3n) is 3.70. The maximum absolute atomic E-state index is 12.7. The first kappa shape index (κ1) is 16.2. The van der Waals surface area contributed by atoms with Crippen molar-refractivity contribution in [2.45, 2.75) is 0 Å². The molecule has 0 radical (unpaired) electrons. The zero-order chi connectivity index (χ0) is 17.6. The maximum Gasteiger partial charge on any atom is 0.256 e. The monoisotopic (exact) mass is 326 g/mol. The van der Waals surface area contributed by atoms with Gasteiger partial charge in [-0.3, -0.25) is 9.59 Å². The largest absolute Gasteiger partial charge is 0.322 e. The average molecular weight is 326 g/mol. The molecule has 0 atom stereocenters. The number of ketones is 1. The molecule has 3 rings (SSSR count). The predicted molar refractivity (Wildman–Crippen MR) is 95.4 cm³/mol. The van der Waals surface area contributed by atoms with E-state index in [2.05, 4.69) is 5.32 Å². The Labute approximate surface area is 145 Å². The lowest BCUT2D eigenvalue weighted by Gasteiger charge is -2.10. The molecule has 1 N–H and O–H groups in total. The minimum absolute atomic E-state index is 0.211. The Morgan fingerprint density at radius 3 is 2.20 bits per heavy atom. The summed E-state index contributed by atoms with van der Waals surface area (Å²) in [4.78, 5) is 25.3. The molecule has 4 nitrogen and oxygen atoms in total. The van der Waals surface area contributed by atoms with E-state index in [0.717, 1.165) is 0 Å². The van der Waals surface area contributed by atoms with Crippen molar-refractivity contribution in [3.63, 3.8) is 0 Å². The van der Waals surface area contributed by atoms with E-state index in [-0.39, 0.29) is 5.78 Å². The van der Waals surface area contributed by atoms with Crippen molar-refractivity contribution in [2.75, 3.05) is 5.32 Å². The summed E-state index contributed by atoms with van der Waals surface area (Å²) in [6.45, 7) is 0. The second kappa shape index (κ2) is 7.24. The lowest BCUT2D eigenvalue weighted by molar-refractivity contribution is 0.0996. The topological polar surface area (TPSA) is 70.0 Å². The van der Waals surface area contributed by atoms with Crippen LogP contribution in [0, 0.1) is 11.3 Å². The van der Waals surface area contributed by atoms with Crippen LogP contribution in [0.5, 0.6) is 0 Å². The summed E-state index contributed by atoms with van der Waals surface area (Å²) in [5, 5.41) is 11.7. The molecule has 0 saturated carbocycles. The van der Waals surface area contributed by atoms with E-state index in [9.17, 15) is 9.59 Å². The molecule has 3 aromatic carbocycles. The first-order valence-corrected chi connectivity index (χ1v) is 7.69. The standard InChI is InChI=1S/C21H14N2O2/c22-14-15-7-6-10-17(13-15)23-21(25)19-12-5-4-11-18(19)20(24)16-8-2-1-3-9-16/h1-13H,(H,23,25). The van der Waals surface area contributed by atoms with Gasteiger partial charge in [0.2, 0.25) is 0 Å². The number of rotatable bonds is 4. The summed E-state index contributed by atoms with van der Waals surface area (Å²) in [5.41, 5.74) is 2.10. The van der Waals surface area contributed by atoms with Crippen LogP contribution < -0.4 is 5.32 Å². The fraction of sp³-hybridized carbons (Fsp3) is 0. The summed E-state index contributed by atoms with van der Waals surface area (Å²) in [6.07, 6.45) is 0. The maximum atomic E-state index is 12.7. The Balaban J connectivity index is 1.91. The summed E-state index contributed by atoms with van der Waals surface area (Å²) in [6, 6.07) is 24.2. The molecule has 120 valence electrons. The van der Waals surface area contributed by atoms with Crippen LogP contribution in [-0.4, -0.2) is 11.7 Å². The number of nitrogens with zero attached hydrogens (tertiary/aromatic N) is 1. The van der Waals surface area contributed by atoms with Crippen molar-refractivity contribution >= 4 is 17.4 Å². The van der Waals surface area contributed by atoms with Gasteiger partial charge in [0, 0.05) is 16.8 Å². The van der Waals surface area contributed by atoms with Crippen LogP contribution in [0.4, 0.5) is 5.69 Å². The highest BCUT2D eigenvalue weighted by Crippen LogP contribution is 2.17. The van der Waals surface area contributed by atoms with Crippen LogP contribution in [0.2, 0.25) is 0 Å². The van der Waals surface area contributed by atoms with Crippen LogP contribution >= 0.6 is 0 Å². The molecule has 0 heterocycles. The van der Waals surface area contributed by atoms with Gasteiger partial charge in [0.15, 0.2) is 5.78 Å². The lowest BCUT2D eigenvalue weighted by Crippen LogP contribution is -2.17. The molecule has 1 amide bonds. The molecule has 0 aliphatic carbocycles. The first-order chi connectivity index (χ1) is 12.2. The summed E-state index contributed by atoms with van der Waals surface area (Å²) >= 11 is 0. The van der Waals surface area contributed by atoms with E-state index < -0.39 is 5.91 Å². The second-order valence-corrected chi connectivity index (χ2v) is 5.39. The van der Waals surface area contributed by atoms with Gasteiger partial charge in [-0.1, -0.05) is 54.6 Å². The number of carbonyl (C=O) groups is 2. The summed E-state index contributed by atoms with van der Waals surface area (Å²) in [5.74, 6) is -0.605. The predicted octanol–water partition coefficient (Wildman–Crippen LogP) is 4.04. The zero-order valence-corrected chi connectivity index (χ0v) is 13.3. The number of amides is 1. The van der Waals surface area contributed by atoms with Crippen molar-refractivity contribution in [3.8, 4) is 6.07 Å². The van der Waals surface area contributed by atoms with Crippen molar-refractivity contribution in [2.24, 2.45) is 0 Å². The minimum atomic E-state index is -0.394. The van der Waals surface area contributed by atoms with Gasteiger partial charge in [0.25, 0.3) is 5.91 Å². The lowest BCUT2D eigenvalue weighted by atomic mass is 9.98. The normalized spacial score (nSPS) is 9.88. The fourth-order valence-corrected chi connectivity index (χ4v) is 2.49. The molecular weight excluding hydrogens is 312 g/mol. The Kier molecular flexibility index (Phi) is 4.68. The minimum Gasteiger partial charge on any atom is -0.322 e. The highest BCUT2D eigenvalue weighted by atomic mass is 16.2. The second-order valence-electron chi connectivity index (χ2n) is 5.39. The molecule has 0 aliphatic heterocycles.